The molecule has 0 bridgehead atoms. The molecule has 26 heavy (non-hydrogen) atoms. The van der Waals surface area contributed by atoms with Crippen LogP contribution in [0.3, 0.4) is 0 Å². The monoisotopic (exact) mass is 369 g/mol. The summed E-state index contributed by atoms with van der Waals surface area (Å²) in [7, 11) is 0. The van der Waals surface area contributed by atoms with E-state index in [0.717, 1.165) is 6.26 Å². The van der Waals surface area contributed by atoms with Crippen LogP contribution in [0.1, 0.15) is 25.1 Å². The molecule has 2 heterocycles. The number of ether oxygens (including phenoxy) is 1. The number of nitrogens with one attached hydrogen (secondary N) is 1. The number of halogens is 3. The lowest BCUT2D eigenvalue weighted by Crippen LogP contribution is -2.35. The summed E-state index contributed by atoms with van der Waals surface area (Å²) < 4.78 is 49.2. The van der Waals surface area contributed by atoms with Gasteiger partial charge in [-0.2, -0.15) is 13.2 Å². The Morgan fingerprint density at radius 3 is 2.69 bits per heavy atom. The Kier molecular flexibility index (Phi) is 4.34. The second-order valence-corrected chi connectivity index (χ2v) is 5.88. The molecule has 0 aliphatic rings. The zero-order chi connectivity index (χ0) is 19.1. The van der Waals surface area contributed by atoms with Crippen LogP contribution in [0.5, 0.6) is 5.75 Å². The summed E-state index contributed by atoms with van der Waals surface area (Å²) in [5.41, 5.74) is -3.02. The van der Waals surface area contributed by atoms with Crippen molar-refractivity contribution in [2.75, 3.05) is 0 Å². The van der Waals surface area contributed by atoms with Gasteiger partial charge in [0.25, 0.3) is 5.56 Å². The molecule has 0 amide bonds. The zero-order valence-electron chi connectivity index (χ0n) is 13.8. The molecule has 1 aromatic carbocycles. The molecule has 0 saturated carbocycles. The molecule has 138 valence electrons. The van der Waals surface area contributed by atoms with Crippen molar-refractivity contribution in [2.45, 2.75) is 32.7 Å². The van der Waals surface area contributed by atoms with Crippen molar-refractivity contribution in [1.29, 1.82) is 0 Å². The van der Waals surface area contributed by atoms with Gasteiger partial charge < -0.3 is 14.2 Å². The predicted molar refractivity (Wildman–Crippen MR) is 85.2 cm³/mol. The average Bonchev–Trinajstić information content (AvgIpc) is 3.00. The molecular weight excluding hydrogens is 355 g/mol. The molecule has 10 heteroatoms. The Morgan fingerprint density at radius 2 is 2.04 bits per heavy atom. The lowest BCUT2D eigenvalue weighted by molar-refractivity contribution is -0.143. The maximum atomic E-state index is 12.9. The lowest BCUT2D eigenvalue weighted by atomic mass is 10.2. The molecule has 0 radical (unpaired) electrons. The van der Waals surface area contributed by atoms with E-state index in [2.05, 4.69) is 14.7 Å². The highest BCUT2D eigenvalue weighted by Gasteiger charge is 2.37. The first-order valence-corrected chi connectivity index (χ1v) is 7.61. The molecule has 1 N–H and O–H groups in total. The molecule has 0 fully saturated rings. The Morgan fingerprint density at radius 1 is 1.31 bits per heavy atom. The smallest absolute Gasteiger partial charge is 0.437 e. The Balaban J connectivity index is 2.11. The van der Waals surface area contributed by atoms with Gasteiger partial charge in [0.1, 0.15) is 12.0 Å². The zero-order valence-corrected chi connectivity index (χ0v) is 13.8. The number of rotatable bonds is 4. The molecule has 0 atom stereocenters. The minimum absolute atomic E-state index is 0.118. The number of alkyl halides is 3. The van der Waals surface area contributed by atoms with E-state index in [4.69, 9.17) is 4.74 Å². The van der Waals surface area contributed by atoms with Crippen LogP contribution in [0.2, 0.25) is 0 Å². The third-order valence-corrected chi connectivity index (χ3v) is 3.57. The summed E-state index contributed by atoms with van der Waals surface area (Å²) in [5, 5.41) is 3.02. The summed E-state index contributed by atoms with van der Waals surface area (Å²) in [6, 6.07) is 4.52. The number of aromatic amines is 1. The number of nitrogens with zero attached hydrogens (tertiary/aromatic N) is 2. The third-order valence-electron chi connectivity index (χ3n) is 3.57. The van der Waals surface area contributed by atoms with E-state index < -0.39 is 35.2 Å². The van der Waals surface area contributed by atoms with E-state index in [1.807, 2.05) is 0 Å². The fourth-order valence-electron chi connectivity index (χ4n) is 2.49. The van der Waals surface area contributed by atoms with Gasteiger partial charge in [-0.25, -0.2) is 4.79 Å². The van der Waals surface area contributed by atoms with Gasteiger partial charge in [0, 0.05) is 5.56 Å². The Bertz CT molecular complexity index is 1060. The first-order valence-electron chi connectivity index (χ1n) is 7.61. The molecule has 0 saturated heterocycles. The number of benzene rings is 1. The van der Waals surface area contributed by atoms with Crippen molar-refractivity contribution in [3.05, 3.63) is 56.6 Å². The number of fused-ring (bicyclic) bond motifs is 1. The van der Waals surface area contributed by atoms with Gasteiger partial charge in [-0.1, -0.05) is 5.16 Å². The van der Waals surface area contributed by atoms with Crippen molar-refractivity contribution >= 4 is 10.9 Å². The molecule has 0 aliphatic carbocycles. The fourth-order valence-corrected chi connectivity index (χ4v) is 2.49. The van der Waals surface area contributed by atoms with Crippen LogP contribution < -0.4 is 16.0 Å². The van der Waals surface area contributed by atoms with Crippen LogP contribution in [0.25, 0.3) is 10.9 Å². The van der Waals surface area contributed by atoms with Crippen molar-refractivity contribution in [1.82, 2.24) is 14.7 Å². The van der Waals surface area contributed by atoms with E-state index in [1.165, 1.54) is 12.1 Å². The molecule has 3 aromatic rings. The van der Waals surface area contributed by atoms with Gasteiger partial charge in [-0.05, 0) is 32.0 Å². The average molecular weight is 369 g/mol. The number of hydrogen-bond donors (Lipinski definition) is 1. The largest absolute Gasteiger partial charge is 0.491 e. The summed E-state index contributed by atoms with van der Waals surface area (Å²) in [6.07, 6.45) is -4.13. The van der Waals surface area contributed by atoms with Crippen LogP contribution in [-0.4, -0.2) is 20.8 Å². The third kappa shape index (κ3) is 3.35. The van der Waals surface area contributed by atoms with Gasteiger partial charge in [0.15, 0.2) is 5.69 Å². The Labute approximate surface area is 144 Å². The summed E-state index contributed by atoms with van der Waals surface area (Å²) >= 11 is 0. The first kappa shape index (κ1) is 17.8. The number of H-pyrrole nitrogens is 1. The minimum atomic E-state index is -4.76. The van der Waals surface area contributed by atoms with Crippen LogP contribution in [0.15, 0.2) is 38.6 Å². The SMILES string of the molecule is CC(C)Oc1ccc2[nH]c(=O)n(Cc3conc3C(F)(F)F)c(=O)c2c1. The van der Waals surface area contributed by atoms with Crippen molar-refractivity contribution in [3.63, 3.8) is 0 Å². The maximum absolute atomic E-state index is 12.9. The molecule has 0 spiro atoms. The molecule has 2 aromatic heterocycles. The number of aromatic nitrogens is 3. The normalized spacial score (nSPS) is 12.1. The van der Waals surface area contributed by atoms with E-state index in [-0.39, 0.29) is 17.0 Å². The fraction of sp³-hybridized carbons (Fsp3) is 0.312. The highest BCUT2D eigenvalue weighted by Crippen LogP contribution is 2.30. The van der Waals surface area contributed by atoms with Crippen molar-refractivity contribution in [3.8, 4) is 5.75 Å². The van der Waals surface area contributed by atoms with Crippen LogP contribution >= 0.6 is 0 Å². The van der Waals surface area contributed by atoms with Gasteiger partial charge >= 0.3 is 11.9 Å². The lowest BCUT2D eigenvalue weighted by Gasteiger charge is -2.11. The van der Waals surface area contributed by atoms with Crippen LogP contribution in [0.4, 0.5) is 13.2 Å². The molecule has 0 unspecified atom stereocenters. The van der Waals surface area contributed by atoms with E-state index in [9.17, 15) is 22.8 Å². The summed E-state index contributed by atoms with van der Waals surface area (Å²) in [4.78, 5) is 27.2. The molecular formula is C16H14F3N3O4. The Hall–Kier alpha value is -3.04. The highest BCUT2D eigenvalue weighted by atomic mass is 19.4. The predicted octanol–water partition coefficient (Wildman–Crippen LogP) is 2.53. The minimum Gasteiger partial charge on any atom is -0.491 e. The van der Waals surface area contributed by atoms with Crippen LogP contribution in [0, 0.1) is 0 Å². The van der Waals surface area contributed by atoms with Crippen LogP contribution in [-0.2, 0) is 12.7 Å². The van der Waals surface area contributed by atoms with Crippen molar-refractivity contribution in [2.24, 2.45) is 0 Å². The van der Waals surface area contributed by atoms with E-state index in [0.29, 0.717) is 10.3 Å². The number of hydrogen-bond acceptors (Lipinski definition) is 5. The second-order valence-electron chi connectivity index (χ2n) is 5.88. The van der Waals surface area contributed by atoms with Gasteiger partial charge in [0.2, 0.25) is 0 Å². The summed E-state index contributed by atoms with van der Waals surface area (Å²) in [5.74, 6) is 0.407. The van der Waals surface area contributed by atoms with Gasteiger partial charge in [-0.3, -0.25) is 9.36 Å². The second kappa shape index (κ2) is 6.36. The van der Waals surface area contributed by atoms with Crippen molar-refractivity contribution < 1.29 is 22.4 Å². The molecule has 7 nitrogen and oxygen atoms in total. The maximum Gasteiger partial charge on any atom is 0.437 e. The molecule has 3 rings (SSSR count). The highest BCUT2D eigenvalue weighted by molar-refractivity contribution is 5.78. The summed E-state index contributed by atoms with van der Waals surface area (Å²) in [6.45, 7) is 2.98. The van der Waals surface area contributed by atoms with Gasteiger partial charge in [-0.15, -0.1) is 0 Å². The standard InChI is InChI=1S/C16H14F3N3O4/c1-8(2)26-10-3-4-12-11(5-10)14(23)22(15(24)20-12)6-9-7-25-21-13(9)16(17,18)19/h3-5,7-8H,6H2,1-2H3,(H,20,24). The topological polar surface area (TPSA) is 90.1 Å². The van der Waals surface area contributed by atoms with E-state index >= 15 is 0 Å². The first-order chi connectivity index (χ1) is 12.2. The van der Waals surface area contributed by atoms with E-state index in [1.54, 1.807) is 19.9 Å². The molecule has 0 aliphatic heterocycles. The quantitative estimate of drug-likeness (QED) is 0.763. The van der Waals surface area contributed by atoms with Gasteiger partial charge in [0.05, 0.1) is 23.6 Å².